The molecule has 1 aromatic carbocycles. The summed E-state index contributed by atoms with van der Waals surface area (Å²) in [6.45, 7) is 2.20. The average Bonchev–Trinajstić information content (AvgIpc) is 2.44. The zero-order valence-electron chi connectivity index (χ0n) is 12.0. The van der Waals surface area contributed by atoms with Crippen molar-refractivity contribution in [3.05, 3.63) is 18.2 Å². The molecule has 20 heavy (non-hydrogen) atoms. The van der Waals surface area contributed by atoms with Gasteiger partial charge in [0.1, 0.15) is 5.75 Å². The Morgan fingerprint density at radius 3 is 2.75 bits per heavy atom. The molecular weight excluding hydrogens is 272 g/mol. The highest BCUT2D eigenvalue weighted by Gasteiger charge is 2.17. The fourth-order valence-corrected chi connectivity index (χ4v) is 2.54. The second-order valence-electron chi connectivity index (χ2n) is 5.13. The van der Waals surface area contributed by atoms with E-state index in [2.05, 4.69) is 22.6 Å². The number of piperidine rings is 1. The molecule has 0 amide bonds. The normalized spacial score (nSPS) is 16.7. The van der Waals surface area contributed by atoms with Crippen LogP contribution in [-0.4, -0.2) is 43.3 Å². The summed E-state index contributed by atoms with van der Waals surface area (Å²) in [6.07, 6.45) is 2.21. The molecule has 110 valence electrons. The van der Waals surface area contributed by atoms with E-state index in [0.717, 1.165) is 37.4 Å². The number of hydrogen-bond acceptors (Lipinski definition) is 4. The van der Waals surface area contributed by atoms with Crippen molar-refractivity contribution < 1.29 is 4.74 Å². The Balaban J connectivity index is 1.91. The SMILES string of the molecule is COc1ccc(N)c(NC(=S)NC2CCN(C)CC2)c1. The lowest BCUT2D eigenvalue weighted by Crippen LogP contribution is -2.44. The number of nitrogen functional groups attached to an aromatic ring is 1. The fraction of sp³-hybridized carbons (Fsp3) is 0.500. The summed E-state index contributed by atoms with van der Waals surface area (Å²) in [6, 6.07) is 5.91. The summed E-state index contributed by atoms with van der Waals surface area (Å²) in [5.74, 6) is 0.754. The molecular formula is C14H22N4OS. The van der Waals surface area contributed by atoms with Crippen LogP contribution in [-0.2, 0) is 0 Å². The van der Waals surface area contributed by atoms with E-state index in [9.17, 15) is 0 Å². The number of nitrogens with zero attached hydrogens (tertiary/aromatic N) is 1. The number of hydrogen-bond donors (Lipinski definition) is 3. The number of nitrogens with one attached hydrogen (secondary N) is 2. The van der Waals surface area contributed by atoms with Gasteiger partial charge in [-0.15, -0.1) is 0 Å². The van der Waals surface area contributed by atoms with Crippen LogP contribution < -0.4 is 21.1 Å². The van der Waals surface area contributed by atoms with E-state index < -0.39 is 0 Å². The summed E-state index contributed by atoms with van der Waals surface area (Å²) in [7, 11) is 3.77. The van der Waals surface area contributed by atoms with Crippen LogP contribution in [0, 0.1) is 0 Å². The van der Waals surface area contributed by atoms with Crippen LogP contribution >= 0.6 is 12.2 Å². The van der Waals surface area contributed by atoms with Crippen molar-refractivity contribution in [3.8, 4) is 5.75 Å². The number of anilines is 2. The standard InChI is InChI=1S/C14H22N4OS/c1-18-7-5-10(6-8-18)16-14(20)17-13-9-11(19-2)3-4-12(13)15/h3-4,9-10H,5-8,15H2,1-2H3,(H2,16,17,20). The van der Waals surface area contributed by atoms with Crippen LogP contribution in [0.2, 0.25) is 0 Å². The Bertz CT molecular complexity index is 472. The third kappa shape index (κ3) is 3.98. The molecule has 1 saturated heterocycles. The summed E-state index contributed by atoms with van der Waals surface area (Å²) >= 11 is 5.35. The molecule has 0 atom stereocenters. The maximum Gasteiger partial charge on any atom is 0.171 e. The van der Waals surface area contributed by atoms with Gasteiger partial charge < -0.3 is 26.0 Å². The summed E-state index contributed by atoms with van der Waals surface area (Å²) in [5, 5.41) is 7.11. The minimum Gasteiger partial charge on any atom is -0.497 e. The van der Waals surface area contributed by atoms with Crippen LogP contribution in [0.4, 0.5) is 11.4 Å². The number of benzene rings is 1. The van der Waals surface area contributed by atoms with Gasteiger partial charge in [-0.05, 0) is 57.3 Å². The fourth-order valence-electron chi connectivity index (χ4n) is 2.27. The molecule has 1 aliphatic rings. The average molecular weight is 294 g/mol. The van der Waals surface area contributed by atoms with E-state index in [-0.39, 0.29) is 0 Å². The van der Waals surface area contributed by atoms with Gasteiger partial charge in [0.2, 0.25) is 0 Å². The van der Waals surface area contributed by atoms with Crippen molar-refractivity contribution in [3.63, 3.8) is 0 Å². The minimum atomic E-state index is 0.429. The van der Waals surface area contributed by atoms with Crippen molar-refractivity contribution in [2.75, 3.05) is 38.3 Å². The molecule has 1 aliphatic heterocycles. The lowest BCUT2D eigenvalue weighted by molar-refractivity contribution is 0.247. The van der Waals surface area contributed by atoms with Crippen LogP contribution in [0.15, 0.2) is 18.2 Å². The van der Waals surface area contributed by atoms with Crippen molar-refractivity contribution in [2.45, 2.75) is 18.9 Å². The Morgan fingerprint density at radius 1 is 1.40 bits per heavy atom. The van der Waals surface area contributed by atoms with Crippen LogP contribution in [0.1, 0.15) is 12.8 Å². The summed E-state index contributed by atoms with van der Waals surface area (Å²) in [5.41, 5.74) is 7.36. The lowest BCUT2D eigenvalue weighted by Gasteiger charge is -2.30. The molecule has 0 radical (unpaired) electrons. The first-order valence-electron chi connectivity index (χ1n) is 6.78. The molecule has 0 saturated carbocycles. The smallest absolute Gasteiger partial charge is 0.171 e. The minimum absolute atomic E-state index is 0.429. The second kappa shape index (κ2) is 6.76. The number of nitrogens with two attached hydrogens (primary N) is 1. The molecule has 0 unspecified atom stereocenters. The van der Waals surface area contributed by atoms with Crippen LogP contribution in [0.25, 0.3) is 0 Å². The van der Waals surface area contributed by atoms with E-state index in [4.69, 9.17) is 22.7 Å². The molecule has 1 aromatic rings. The van der Waals surface area contributed by atoms with E-state index in [1.807, 2.05) is 12.1 Å². The first-order valence-corrected chi connectivity index (χ1v) is 7.19. The van der Waals surface area contributed by atoms with Crippen molar-refractivity contribution >= 4 is 28.7 Å². The van der Waals surface area contributed by atoms with E-state index >= 15 is 0 Å². The molecule has 5 nitrogen and oxygen atoms in total. The van der Waals surface area contributed by atoms with Gasteiger partial charge in [0.25, 0.3) is 0 Å². The van der Waals surface area contributed by atoms with Gasteiger partial charge in [-0.25, -0.2) is 0 Å². The molecule has 2 rings (SSSR count). The molecule has 0 aliphatic carbocycles. The predicted molar refractivity (Wildman–Crippen MR) is 87.3 cm³/mol. The van der Waals surface area contributed by atoms with Crippen LogP contribution in [0.5, 0.6) is 5.75 Å². The zero-order valence-corrected chi connectivity index (χ0v) is 12.8. The molecule has 0 bridgehead atoms. The zero-order chi connectivity index (χ0) is 14.5. The lowest BCUT2D eigenvalue weighted by atomic mass is 10.1. The van der Waals surface area contributed by atoms with Gasteiger partial charge in [-0.3, -0.25) is 0 Å². The van der Waals surface area contributed by atoms with E-state index in [0.29, 0.717) is 16.8 Å². The van der Waals surface area contributed by atoms with Gasteiger partial charge in [0.15, 0.2) is 5.11 Å². The number of methoxy groups -OCH3 is 1. The largest absolute Gasteiger partial charge is 0.497 e. The Labute approximate surface area is 125 Å². The first kappa shape index (κ1) is 14.9. The molecule has 6 heteroatoms. The number of rotatable bonds is 3. The Kier molecular flexibility index (Phi) is 5.03. The predicted octanol–water partition coefficient (Wildman–Crippen LogP) is 1.66. The van der Waals surface area contributed by atoms with Gasteiger partial charge in [0, 0.05) is 12.1 Å². The van der Waals surface area contributed by atoms with E-state index in [1.165, 1.54) is 0 Å². The highest BCUT2D eigenvalue weighted by Crippen LogP contribution is 2.24. The number of likely N-dealkylation sites (tertiary alicyclic amines) is 1. The number of ether oxygens (including phenoxy) is 1. The molecule has 0 aromatic heterocycles. The van der Waals surface area contributed by atoms with Gasteiger partial charge >= 0.3 is 0 Å². The van der Waals surface area contributed by atoms with Gasteiger partial charge in [-0.1, -0.05) is 0 Å². The second-order valence-corrected chi connectivity index (χ2v) is 5.54. The highest BCUT2D eigenvalue weighted by molar-refractivity contribution is 7.80. The first-order chi connectivity index (χ1) is 9.58. The third-order valence-electron chi connectivity index (χ3n) is 3.56. The van der Waals surface area contributed by atoms with Gasteiger partial charge in [0.05, 0.1) is 18.5 Å². The molecule has 4 N–H and O–H groups in total. The van der Waals surface area contributed by atoms with Gasteiger partial charge in [-0.2, -0.15) is 0 Å². The highest BCUT2D eigenvalue weighted by atomic mass is 32.1. The van der Waals surface area contributed by atoms with E-state index in [1.54, 1.807) is 13.2 Å². The van der Waals surface area contributed by atoms with Crippen molar-refractivity contribution in [1.29, 1.82) is 0 Å². The molecule has 1 fully saturated rings. The van der Waals surface area contributed by atoms with Crippen molar-refractivity contribution in [2.24, 2.45) is 0 Å². The van der Waals surface area contributed by atoms with Crippen LogP contribution in [0.3, 0.4) is 0 Å². The Hall–Kier alpha value is -1.53. The summed E-state index contributed by atoms with van der Waals surface area (Å²) < 4.78 is 5.19. The molecule has 1 heterocycles. The summed E-state index contributed by atoms with van der Waals surface area (Å²) in [4.78, 5) is 2.33. The quantitative estimate of drug-likeness (QED) is 0.582. The number of thiocarbonyl (C=S) groups is 1. The maximum atomic E-state index is 5.93. The topological polar surface area (TPSA) is 62.6 Å². The molecule has 0 spiro atoms. The maximum absolute atomic E-state index is 5.93. The van der Waals surface area contributed by atoms with Crippen molar-refractivity contribution in [1.82, 2.24) is 10.2 Å². The monoisotopic (exact) mass is 294 g/mol. The Morgan fingerprint density at radius 2 is 2.10 bits per heavy atom. The third-order valence-corrected chi connectivity index (χ3v) is 3.78.